The number of benzene rings is 1. The summed E-state index contributed by atoms with van der Waals surface area (Å²) in [6.07, 6.45) is 2.55. The third-order valence-corrected chi connectivity index (χ3v) is 3.77. The molecule has 6 nitrogen and oxygen atoms in total. The van der Waals surface area contributed by atoms with E-state index in [9.17, 15) is 10.1 Å². The number of nitro groups is 1. The standard InChI is InChI=1S/C15H15N3O3/c1-17-7-5-12-10(4-3-6-16-12)11-8-14(18(19)20)15(21-2)9-13(11)17/h3-4,6,8-9H,5,7H2,1-2H3. The maximum atomic E-state index is 11.2. The van der Waals surface area contributed by atoms with Crippen LogP contribution in [0.3, 0.4) is 0 Å². The SMILES string of the molecule is COc1cc2c(cc1[N+](=O)[O-])-c1cccnc1CCN2C. The van der Waals surface area contributed by atoms with Crippen molar-refractivity contribution >= 4 is 11.4 Å². The van der Waals surface area contributed by atoms with Gasteiger partial charge in [0.2, 0.25) is 0 Å². The molecule has 0 spiro atoms. The Labute approximate surface area is 122 Å². The maximum absolute atomic E-state index is 11.2. The van der Waals surface area contributed by atoms with E-state index >= 15 is 0 Å². The molecular weight excluding hydrogens is 270 g/mol. The summed E-state index contributed by atoms with van der Waals surface area (Å²) in [4.78, 5) is 17.3. The molecule has 0 bridgehead atoms. The number of nitrogens with zero attached hydrogens (tertiary/aromatic N) is 3. The van der Waals surface area contributed by atoms with Gasteiger partial charge in [-0.1, -0.05) is 6.07 Å². The van der Waals surface area contributed by atoms with Gasteiger partial charge in [-0.3, -0.25) is 15.1 Å². The van der Waals surface area contributed by atoms with E-state index < -0.39 is 4.92 Å². The largest absolute Gasteiger partial charge is 0.490 e. The lowest BCUT2D eigenvalue weighted by molar-refractivity contribution is -0.385. The number of nitro benzene ring substituents is 1. The number of ether oxygens (including phenoxy) is 1. The minimum atomic E-state index is -0.417. The fraction of sp³-hybridized carbons (Fsp3) is 0.267. The van der Waals surface area contributed by atoms with Gasteiger partial charge in [0.05, 0.1) is 12.0 Å². The van der Waals surface area contributed by atoms with E-state index in [-0.39, 0.29) is 11.4 Å². The molecular formula is C15H15N3O3. The number of hydrogen-bond donors (Lipinski definition) is 0. The maximum Gasteiger partial charge on any atom is 0.311 e. The Kier molecular flexibility index (Phi) is 3.21. The van der Waals surface area contributed by atoms with E-state index in [2.05, 4.69) is 9.88 Å². The normalized spacial score (nSPS) is 13.1. The van der Waals surface area contributed by atoms with Crippen molar-refractivity contribution in [2.24, 2.45) is 0 Å². The van der Waals surface area contributed by atoms with Crippen molar-refractivity contribution in [1.82, 2.24) is 4.98 Å². The van der Waals surface area contributed by atoms with Crippen LogP contribution in [0.5, 0.6) is 5.75 Å². The molecule has 1 aromatic carbocycles. The van der Waals surface area contributed by atoms with Crippen LogP contribution in [0.2, 0.25) is 0 Å². The molecule has 2 heterocycles. The number of likely N-dealkylation sites (N-methyl/N-ethyl adjacent to an activating group) is 1. The van der Waals surface area contributed by atoms with Crippen LogP contribution in [0.4, 0.5) is 11.4 Å². The first kappa shape index (κ1) is 13.4. The predicted molar refractivity (Wildman–Crippen MR) is 79.9 cm³/mol. The Balaban J connectivity index is 2.31. The van der Waals surface area contributed by atoms with E-state index in [0.717, 1.165) is 35.5 Å². The highest BCUT2D eigenvalue weighted by molar-refractivity contribution is 5.84. The molecule has 3 rings (SSSR count). The van der Waals surface area contributed by atoms with Gasteiger partial charge in [0.15, 0.2) is 5.75 Å². The van der Waals surface area contributed by atoms with Crippen LogP contribution in [0.25, 0.3) is 11.1 Å². The van der Waals surface area contributed by atoms with Crippen LogP contribution in [-0.4, -0.2) is 30.6 Å². The molecule has 0 N–H and O–H groups in total. The quantitative estimate of drug-likeness (QED) is 0.626. The van der Waals surface area contributed by atoms with Crippen molar-refractivity contribution in [1.29, 1.82) is 0 Å². The average molecular weight is 285 g/mol. The Bertz CT molecular complexity index is 715. The van der Waals surface area contributed by atoms with E-state index in [0.29, 0.717) is 0 Å². The summed E-state index contributed by atoms with van der Waals surface area (Å²) in [5.41, 5.74) is 3.63. The van der Waals surface area contributed by atoms with Crippen LogP contribution < -0.4 is 9.64 Å². The van der Waals surface area contributed by atoms with E-state index in [1.165, 1.54) is 7.11 Å². The van der Waals surface area contributed by atoms with Crippen molar-refractivity contribution in [3.63, 3.8) is 0 Å². The highest BCUT2D eigenvalue weighted by atomic mass is 16.6. The van der Waals surface area contributed by atoms with Crippen LogP contribution in [0.1, 0.15) is 5.69 Å². The average Bonchev–Trinajstić information content (AvgIpc) is 2.64. The zero-order valence-electron chi connectivity index (χ0n) is 11.9. The fourth-order valence-corrected chi connectivity index (χ4v) is 2.67. The molecule has 108 valence electrons. The fourth-order valence-electron chi connectivity index (χ4n) is 2.67. The van der Waals surface area contributed by atoms with Crippen molar-refractivity contribution in [3.05, 3.63) is 46.3 Å². The highest BCUT2D eigenvalue weighted by Gasteiger charge is 2.25. The summed E-state index contributed by atoms with van der Waals surface area (Å²) in [6, 6.07) is 7.12. The van der Waals surface area contributed by atoms with Gasteiger partial charge in [-0.25, -0.2) is 0 Å². The first-order valence-electron chi connectivity index (χ1n) is 6.63. The van der Waals surface area contributed by atoms with Crippen molar-refractivity contribution < 1.29 is 9.66 Å². The summed E-state index contributed by atoms with van der Waals surface area (Å²) >= 11 is 0. The number of pyridine rings is 1. The number of hydrogen-bond acceptors (Lipinski definition) is 5. The molecule has 0 amide bonds. The molecule has 2 aromatic rings. The van der Waals surface area contributed by atoms with E-state index in [1.807, 2.05) is 19.2 Å². The summed E-state index contributed by atoms with van der Waals surface area (Å²) < 4.78 is 5.17. The second-order valence-electron chi connectivity index (χ2n) is 4.97. The van der Waals surface area contributed by atoms with Gasteiger partial charge in [0.1, 0.15) is 0 Å². The molecule has 21 heavy (non-hydrogen) atoms. The Morgan fingerprint density at radius 3 is 2.90 bits per heavy atom. The Hall–Kier alpha value is -2.63. The molecule has 0 unspecified atom stereocenters. The van der Waals surface area contributed by atoms with Gasteiger partial charge in [0.25, 0.3) is 0 Å². The smallest absolute Gasteiger partial charge is 0.311 e. The van der Waals surface area contributed by atoms with Crippen molar-refractivity contribution in [3.8, 4) is 16.9 Å². The molecule has 0 atom stereocenters. The van der Waals surface area contributed by atoms with Crippen LogP contribution in [0, 0.1) is 10.1 Å². The van der Waals surface area contributed by atoms with Crippen LogP contribution in [-0.2, 0) is 6.42 Å². The van der Waals surface area contributed by atoms with Gasteiger partial charge in [-0.2, -0.15) is 0 Å². The predicted octanol–water partition coefficient (Wildman–Crippen LogP) is 2.66. The zero-order chi connectivity index (χ0) is 15.0. The summed E-state index contributed by atoms with van der Waals surface area (Å²) in [5, 5.41) is 11.2. The van der Waals surface area contributed by atoms with Gasteiger partial charge >= 0.3 is 5.69 Å². The molecule has 0 fully saturated rings. The van der Waals surface area contributed by atoms with Crippen LogP contribution in [0.15, 0.2) is 30.5 Å². The number of anilines is 1. The first-order valence-corrected chi connectivity index (χ1v) is 6.63. The van der Waals surface area contributed by atoms with Crippen molar-refractivity contribution in [2.75, 3.05) is 25.6 Å². The topological polar surface area (TPSA) is 68.5 Å². The monoisotopic (exact) mass is 285 g/mol. The minimum Gasteiger partial charge on any atom is -0.490 e. The van der Waals surface area contributed by atoms with Crippen LogP contribution >= 0.6 is 0 Å². The molecule has 1 aromatic heterocycles. The number of aromatic nitrogens is 1. The number of rotatable bonds is 2. The molecule has 0 saturated heterocycles. The Morgan fingerprint density at radius 2 is 2.19 bits per heavy atom. The van der Waals surface area contributed by atoms with Gasteiger partial charge in [-0.15, -0.1) is 0 Å². The van der Waals surface area contributed by atoms with E-state index in [4.69, 9.17) is 4.74 Å². The number of methoxy groups -OCH3 is 1. The van der Waals surface area contributed by atoms with Gasteiger partial charge in [0, 0.05) is 60.9 Å². The molecule has 1 aliphatic rings. The summed E-state index contributed by atoms with van der Waals surface area (Å²) in [6.45, 7) is 0.804. The zero-order valence-corrected chi connectivity index (χ0v) is 11.9. The highest BCUT2D eigenvalue weighted by Crippen LogP contribution is 2.42. The van der Waals surface area contributed by atoms with Gasteiger partial charge in [-0.05, 0) is 6.07 Å². The second-order valence-corrected chi connectivity index (χ2v) is 4.97. The molecule has 0 aliphatic carbocycles. The molecule has 0 radical (unpaired) electrons. The lowest BCUT2D eigenvalue weighted by Gasteiger charge is -2.20. The summed E-state index contributed by atoms with van der Waals surface area (Å²) in [7, 11) is 3.41. The lowest BCUT2D eigenvalue weighted by Crippen LogP contribution is -2.19. The van der Waals surface area contributed by atoms with Crippen molar-refractivity contribution in [2.45, 2.75) is 6.42 Å². The minimum absolute atomic E-state index is 0.0265. The number of fused-ring (bicyclic) bond motifs is 3. The summed E-state index contributed by atoms with van der Waals surface area (Å²) in [5.74, 6) is 0.276. The molecule has 6 heteroatoms. The Morgan fingerprint density at radius 1 is 1.38 bits per heavy atom. The molecule has 1 aliphatic heterocycles. The molecule has 0 saturated carbocycles. The first-order chi connectivity index (χ1) is 10.1. The van der Waals surface area contributed by atoms with E-state index in [1.54, 1.807) is 18.3 Å². The lowest BCUT2D eigenvalue weighted by atomic mass is 10.0. The van der Waals surface area contributed by atoms with Gasteiger partial charge < -0.3 is 9.64 Å². The third kappa shape index (κ3) is 2.18. The third-order valence-electron chi connectivity index (χ3n) is 3.77. The second kappa shape index (κ2) is 5.05.